The molecule has 4 nitrogen and oxygen atoms in total. The number of hydrogen-bond donors (Lipinski definition) is 1. The zero-order valence-electron chi connectivity index (χ0n) is 18.7. The lowest BCUT2D eigenvalue weighted by Crippen LogP contribution is -2.50. The maximum Gasteiger partial charge on any atom is 0.260 e. The number of aryl methyl sites for hydroxylation is 1. The Kier molecular flexibility index (Phi) is 9.44. The van der Waals surface area contributed by atoms with E-state index in [1.165, 1.54) is 5.56 Å². The number of nitrogens with zero attached hydrogens (tertiary/aromatic N) is 2. The lowest BCUT2D eigenvalue weighted by Gasteiger charge is -2.35. The number of carbonyl (C=O) groups excluding carboxylic acids is 1. The third-order valence-electron chi connectivity index (χ3n) is 5.38. The zero-order valence-corrected chi connectivity index (χ0v) is 18.7. The number of amides is 1. The van der Waals surface area contributed by atoms with Gasteiger partial charge < -0.3 is 10.0 Å². The number of rotatable bonds is 3. The quantitative estimate of drug-likeness (QED) is 0.721. The van der Waals surface area contributed by atoms with Gasteiger partial charge in [0.05, 0.1) is 12.6 Å². The molecule has 2 aromatic carbocycles. The fourth-order valence-electron chi connectivity index (χ4n) is 3.82. The number of likely N-dealkylation sites (tertiary alicyclic amines) is 2. The molecule has 0 bridgehead atoms. The highest BCUT2D eigenvalue weighted by atomic mass is 19.3. The first-order valence-corrected chi connectivity index (χ1v) is 11.0. The number of aromatic hydroxyl groups is 1. The summed E-state index contributed by atoms with van der Waals surface area (Å²) in [7, 11) is 0. The molecule has 31 heavy (non-hydrogen) atoms. The minimum atomic E-state index is -2.65. The Balaban J connectivity index is 0.000000319. The van der Waals surface area contributed by atoms with Crippen LogP contribution in [0.1, 0.15) is 44.2 Å². The van der Waals surface area contributed by atoms with Crippen molar-refractivity contribution in [2.45, 2.75) is 58.5 Å². The molecule has 0 aliphatic carbocycles. The topological polar surface area (TPSA) is 43.8 Å². The van der Waals surface area contributed by atoms with E-state index < -0.39 is 5.92 Å². The van der Waals surface area contributed by atoms with Crippen LogP contribution in [0.2, 0.25) is 0 Å². The molecule has 2 aromatic rings. The number of benzene rings is 2. The van der Waals surface area contributed by atoms with E-state index in [0.717, 1.165) is 5.56 Å². The number of carbonyl (C=O) groups is 1. The van der Waals surface area contributed by atoms with Crippen LogP contribution in [0.3, 0.4) is 0 Å². The fourth-order valence-corrected chi connectivity index (χ4v) is 3.82. The number of phenolic OH excluding ortho intramolecular Hbond substituents is 1. The molecule has 2 aliphatic heterocycles. The Hall–Kier alpha value is -2.47. The van der Waals surface area contributed by atoms with Gasteiger partial charge in [-0.15, -0.1) is 0 Å². The van der Waals surface area contributed by atoms with Crippen molar-refractivity contribution in [2.24, 2.45) is 0 Å². The van der Waals surface area contributed by atoms with Crippen molar-refractivity contribution in [1.29, 1.82) is 0 Å². The molecule has 2 fully saturated rings. The lowest BCUT2D eigenvalue weighted by molar-refractivity contribution is -0.136. The van der Waals surface area contributed by atoms with Crippen molar-refractivity contribution >= 4 is 5.91 Å². The molecule has 1 unspecified atom stereocenters. The molecule has 1 N–H and O–H groups in total. The van der Waals surface area contributed by atoms with E-state index in [4.69, 9.17) is 5.11 Å². The van der Waals surface area contributed by atoms with Crippen molar-refractivity contribution in [3.05, 3.63) is 65.7 Å². The normalized spacial score (nSPS) is 20.4. The highest BCUT2D eigenvalue weighted by Gasteiger charge is 2.43. The van der Waals surface area contributed by atoms with Crippen molar-refractivity contribution in [2.75, 3.05) is 19.6 Å². The molecule has 0 aromatic heterocycles. The van der Waals surface area contributed by atoms with E-state index in [1.54, 1.807) is 34.1 Å². The summed E-state index contributed by atoms with van der Waals surface area (Å²) in [6.07, 6.45) is 1.06. The van der Waals surface area contributed by atoms with Crippen LogP contribution in [0.15, 0.2) is 54.6 Å². The standard InChI is InChI=1S/C17H22F2N2O.C6H6O.C2H6/c1-13-3-5-14(6-4-13)11-20-10-7-15(16(20)22)21-9-2-8-17(18,19)12-21;7-6-4-2-1-3-5-6;1-2/h3-6,15H,2,7-12H2,1H3;1-5,7H;1-2H3. The first-order chi connectivity index (χ1) is 14.8. The summed E-state index contributed by atoms with van der Waals surface area (Å²) in [5.41, 5.74) is 2.27. The van der Waals surface area contributed by atoms with Gasteiger partial charge in [0.15, 0.2) is 0 Å². The fraction of sp³-hybridized carbons (Fsp3) is 0.480. The van der Waals surface area contributed by atoms with Gasteiger partial charge in [-0.1, -0.05) is 61.9 Å². The zero-order chi connectivity index (χ0) is 22.9. The number of para-hydroxylation sites is 1. The number of halogens is 2. The van der Waals surface area contributed by atoms with Gasteiger partial charge in [-0.25, -0.2) is 8.78 Å². The smallest absolute Gasteiger partial charge is 0.260 e. The first kappa shape index (κ1) is 24.8. The molecule has 0 radical (unpaired) electrons. The number of phenols is 1. The molecule has 1 amide bonds. The Morgan fingerprint density at radius 1 is 1.03 bits per heavy atom. The number of hydrogen-bond acceptors (Lipinski definition) is 3. The molecule has 0 saturated carbocycles. The van der Waals surface area contributed by atoms with Crippen molar-refractivity contribution in [3.63, 3.8) is 0 Å². The van der Waals surface area contributed by atoms with Crippen molar-refractivity contribution in [3.8, 4) is 5.75 Å². The first-order valence-electron chi connectivity index (χ1n) is 11.0. The van der Waals surface area contributed by atoms with Crippen molar-refractivity contribution < 1.29 is 18.7 Å². The second kappa shape index (κ2) is 11.8. The Morgan fingerprint density at radius 2 is 1.68 bits per heavy atom. The summed E-state index contributed by atoms with van der Waals surface area (Å²) in [6.45, 7) is 7.57. The molecule has 2 aliphatic rings. The molecule has 0 spiro atoms. The molecule has 6 heteroatoms. The summed E-state index contributed by atoms with van der Waals surface area (Å²) >= 11 is 0. The van der Waals surface area contributed by atoms with Crippen molar-refractivity contribution in [1.82, 2.24) is 9.80 Å². The van der Waals surface area contributed by atoms with Crippen LogP contribution in [0.4, 0.5) is 8.78 Å². The third kappa shape index (κ3) is 7.62. The third-order valence-corrected chi connectivity index (χ3v) is 5.38. The number of alkyl halides is 2. The summed E-state index contributed by atoms with van der Waals surface area (Å²) in [4.78, 5) is 16.0. The van der Waals surface area contributed by atoms with E-state index in [-0.39, 0.29) is 24.9 Å². The van der Waals surface area contributed by atoms with Gasteiger partial charge in [0.25, 0.3) is 5.92 Å². The molecular weight excluding hydrogens is 398 g/mol. The van der Waals surface area contributed by atoms with Crippen LogP contribution < -0.4 is 0 Å². The Morgan fingerprint density at radius 3 is 2.23 bits per heavy atom. The monoisotopic (exact) mass is 432 g/mol. The predicted octanol–water partition coefficient (Wildman–Crippen LogP) is 5.25. The highest BCUT2D eigenvalue weighted by Crippen LogP contribution is 2.30. The molecule has 4 rings (SSSR count). The summed E-state index contributed by atoms with van der Waals surface area (Å²) in [5, 5.41) is 8.63. The summed E-state index contributed by atoms with van der Waals surface area (Å²) < 4.78 is 27.1. The van der Waals surface area contributed by atoms with Crippen LogP contribution in [0, 0.1) is 6.92 Å². The lowest BCUT2D eigenvalue weighted by atomic mass is 10.0. The second-order valence-corrected chi connectivity index (χ2v) is 7.82. The van der Waals surface area contributed by atoms with Gasteiger partial charge in [-0.05, 0) is 44.0 Å². The maximum atomic E-state index is 13.6. The Labute approximate surface area is 184 Å². The molecule has 2 saturated heterocycles. The molecule has 1 atom stereocenters. The van der Waals surface area contributed by atoms with Gasteiger partial charge in [0.1, 0.15) is 5.75 Å². The van der Waals surface area contributed by atoms with Gasteiger partial charge >= 0.3 is 0 Å². The van der Waals surface area contributed by atoms with Crippen LogP contribution in [0.25, 0.3) is 0 Å². The molecular formula is C25H34F2N2O2. The van der Waals surface area contributed by atoms with Crippen LogP contribution >= 0.6 is 0 Å². The van der Waals surface area contributed by atoms with Crippen LogP contribution in [-0.2, 0) is 11.3 Å². The van der Waals surface area contributed by atoms with Crippen LogP contribution in [-0.4, -0.2) is 52.4 Å². The number of piperidine rings is 1. The summed E-state index contributed by atoms with van der Waals surface area (Å²) in [6, 6.07) is 16.4. The van der Waals surface area contributed by atoms with Gasteiger partial charge in [-0.3, -0.25) is 9.69 Å². The minimum absolute atomic E-state index is 0.00160. The average molecular weight is 433 g/mol. The van der Waals surface area contributed by atoms with Crippen LogP contribution in [0.5, 0.6) is 5.75 Å². The minimum Gasteiger partial charge on any atom is -0.508 e. The molecule has 170 valence electrons. The average Bonchev–Trinajstić information content (AvgIpc) is 3.12. The van der Waals surface area contributed by atoms with E-state index in [1.807, 2.05) is 51.1 Å². The Bertz CT molecular complexity index is 797. The van der Waals surface area contributed by atoms with E-state index >= 15 is 0 Å². The van der Waals surface area contributed by atoms with Gasteiger partial charge in [-0.2, -0.15) is 0 Å². The SMILES string of the molecule is CC.Cc1ccc(CN2CCC(N3CCCC(F)(F)C3)C2=O)cc1.Oc1ccccc1. The highest BCUT2D eigenvalue weighted by molar-refractivity contribution is 5.84. The van der Waals surface area contributed by atoms with Gasteiger partial charge in [0, 0.05) is 19.5 Å². The van der Waals surface area contributed by atoms with E-state index in [0.29, 0.717) is 38.2 Å². The van der Waals surface area contributed by atoms with E-state index in [2.05, 4.69) is 0 Å². The van der Waals surface area contributed by atoms with Gasteiger partial charge in [0.2, 0.25) is 5.91 Å². The summed E-state index contributed by atoms with van der Waals surface area (Å²) in [5.74, 6) is -2.33. The largest absolute Gasteiger partial charge is 0.508 e. The van der Waals surface area contributed by atoms with E-state index in [9.17, 15) is 13.6 Å². The second-order valence-electron chi connectivity index (χ2n) is 7.82. The maximum absolute atomic E-state index is 13.6. The molecule has 2 heterocycles. The predicted molar refractivity (Wildman–Crippen MR) is 120 cm³/mol.